The summed E-state index contributed by atoms with van der Waals surface area (Å²) >= 11 is 0. The highest BCUT2D eigenvalue weighted by atomic mass is 32.2. The van der Waals surface area contributed by atoms with Crippen molar-refractivity contribution < 1.29 is 17.9 Å². The van der Waals surface area contributed by atoms with Crippen molar-refractivity contribution in [3.8, 4) is 5.75 Å². The van der Waals surface area contributed by atoms with Crippen LogP contribution >= 0.6 is 0 Å². The number of nitrogens with zero attached hydrogens (tertiary/aromatic N) is 1. The highest BCUT2D eigenvalue weighted by molar-refractivity contribution is 7.89. The molecule has 2 N–H and O–H groups in total. The van der Waals surface area contributed by atoms with E-state index in [2.05, 4.69) is 15.0 Å². The second-order valence-corrected chi connectivity index (χ2v) is 7.51. The summed E-state index contributed by atoms with van der Waals surface area (Å²) in [5.74, 6) is 0.209. The Hall–Kier alpha value is -2.45. The Kier molecular flexibility index (Phi) is 7.11. The van der Waals surface area contributed by atoms with E-state index >= 15 is 0 Å². The van der Waals surface area contributed by atoms with Crippen LogP contribution in [-0.4, -0.2) is 32.5 Å². The van der Waals surface area contributed by atoms with Crippen LogP contribution in [0.15, 0.2) is 47.6 Å². The van der Waals surface area contributed by atoms with E-state index in [4.69, 9.17) is 4.74 Å². The predicted octanol–water partition coefficient (Wildman–Crippen LogP) is 1.77. The Balaban J connectivity index is 1.90. The summed E-state index contributed by atoms with van der Waals surface area (Å²) in [5.41, 5.74) is 1.59. The number of hydrogen-bond donors (Lipinski definition) is 2. The van der Waals surface area contributed by atoms with Crippen LogP contribution in [0.5, 0.6) is 5.75 Å². The van der Waals surface area contributed by atoms with Crippen molar-refractivity contribution in [1.29, 1.82) is 0 Å². The van der Waals surface area contributed by atoms with Crippen molar-refractivity contribution in [2.24, 2.45) is 0 Å². The van der Waals surface area contributed by atoms with Crippen LogP contribution in [0.2, 0.25) is 0 Å². The summed E-state index contributed by atoms with van der Waals surface area (Å²) in [6.45, 7) is 4.26. The molecule has 0 spiro atoms. The van der Waals surface area contributed by atoms with E-state index in [0.29, 0.717) is 30.8 Å². The fourth-order valence-electron chi connectivity index (χ4n) is 2.17. The van der Waals surface area contributed by atoms with E-state index in [1.54, 1.807) is 25.4 Å². The number of nitrogens with one attached hydrogen (secondary N) is 2. The zero-order valence-electron chi connectivity index (χ0n) is 14.9. The van der Waals surface area contributed by atoms with Crippen molar-refractivity contribution in [3.63, 3.8) is 0 Å². The normalized spacial score (nSPS) is 11.2. The van der Waals surface area contributed by atoms with Crippen LogP contribution in [-0.2, 0) is 21.4 Å². The van der Waals surface area contributed by atoms with Gasteiger partial charge in [-0.05, 0) is 54.8 Å². The molecule has 26 heavy (non-hydrogen) atoms. The first kappa shape index (κ1) is 19.9. The summed E-state index contributed by atoms with van der Waals surface area (Å²) in [4.78, 5) is 16.0. The first-order chi connectivity index (χ1) is 12.4. The molecule has 1 aromatic heterocycles. The second kappa shape index (κ2) is 9.30. The number of hydrogen-bond acceptors (Lipinski definition) is 5. The van der Waals surface area contributed by atoms with Gasteiger partial charge in [-0.1, -0.05) is 6.92 Å². The first-order valence-electron chi connectivity index (χ1n) is 8.31. The van der Waals surface area contributed by atoms with Gasteiger partial charge in [0.15, 0.2) is 6.61 Å². The molecule has 0 radical (unpaired) electrons. The molecule has 0 aliphatic carbocycles. The number of rotatable bonds is 9. The Bertz CT molecular complexity index is 839. The monoisotopic (exact) mass is 377 g/mol. The number of carbonyl (C=O) groups excluding carboxylic acids is 1. The maximum absolute atomic E-state index is 12.1. The lowest BCUT2D eigenvalue weighted by Gasteiger charge is -2.12. The van der Waals surface area contributed by atoms with Gasteiger partial charge >= 0.3 is 0 Å². The topological polar surface area (TPSA) is 97.4 Å². The molecule has 0 fully saturated rings. The van der Waals surface area contributed by atoms with Crippen molar-refractivity contribution in [2.45, 2.75) is 31.7 Å². The number of carbonyl (C=O) groups is 1. The van der Waals surface area contributed by atoms with Gasteiger partial charge < -0.3 is 10.1 Å². The molecular formula is C18H23N3O4S. The Morgan fingerprint density at radius 1 is 1.19 bits per heavy atom. The summed E-state index contributed by atoms with van der Waals surface area (Å²) in [6, 6.07) is 8.19. The molecule has 2 aromatic rings. The van der Waals surface area contributed by atoms with Gasteiger partial charge in [-0.25, -0.2) is 13.1 Å². The number of ether oxygens (including phenoxy) is 1. The SMILES string of the molecule is CCCNS(=O)(=O)c1ccc(OCC(=O)NCc2ccncc2)c(C)c1. The highest BCUT2D eigenvalue weighted by Gasteiger charge is 2.15. The van der Waals surface area contributed by atoms with Gasteiger partial charge in [-0.3, -0.25) is 9.78 Å². The molecular weight excluding hydrogens is 354 g/mol. The van der Waals surface area contributed by atoms with Crippen LogP contribution in [0.3, 0.4) is 0 Å². The lowest BCUT2D eigenvalue weighted by Crippen LogP contribution is -2.28. The lowest BCUT2D eigenvalue weighted by atomic mass is 10.2. The fourth-order valence-corrected chi connectivity index (χ4v) is 3.39. The van der Waals surface area contributed by atoms with E-state index in [9.17, 15) is 13.2 Å². The summed E-state index contributed by atoms with van der Waals surface area (Å²) in [6.07, 6.45) is 4.03. The third kappa shape index (κ3) is 5.82. The minimum Gasteiger partial charge on any atom is -0.484 e. The summed E-state index contributed by atoms with van der Waals surface area (Å²) < 4.78 is 32.3. The van der Waals surface area contributed by atoms with E-state index < -0.39 is 10.0 Å². The molecule has 8 heteroatoms. The van der Waals surface area contributed by atoms with Crippen molar-refractivity contribution >= 4 is 15.9 Å². The molecule has 0 saturated carbocycles. The lowest BCUT2D eigenvalue weighted by molar-refractivity contribution is -0.123. The first-order valence-corrected chi connectivity index (χ1v) is 9.79. The van der Waals surface area contributed by atoms with Gasteiger partial charge in [0.25, 0.3) is 5.91 Å². The molecule has 1 aromatic carbocycles. The standard InChI is InChI=1S/C18H23N3O4S/c1-3-8-21-26(23,24)16-4-5-17(14(2)11-16)25-13-18(22)20-12-15-6-9-19-10-7-15/h4-7,9-11,21H,3,8,12-13H2,1-2H3,(H,20,22). The molecule has 1 amide bonds. The van der Waals surface area contributed by atoms with E-state index in [0.717, 1.165) is 5.56 Å². The fraction of sp³-hybridized carbons (Fsp3) is 0.333. The van der Waals surface area contributed by atoms with Gasteiger partial charge in [0.2, 0.25) is 10.0 Å². The van der Waals surface area contributed by atoms with Crippen molar-refractivity contribution in [1.82, 2.24) is 15.0 Å². The smallest absolute Gasteiger partial charge is 0.258 e. The van der Waals surface area contributed by atoms with Crippen LogP contribution in [0.4, 0.5) is 0 Å². The van der Waals surface area contributed by atoms with Crippen LogP contribution in [0.25, 0.3) is 0 Å². The van der Waals surface area contributed by atoms with Gasteiger partial charge in [-0.2, -0.15) is 0 Å². The number of benzene rings is 1. The Labute approximate surface area is 153 Å². The van der Waals surface area contributed by atoms with Crippen molar-refractivity contribution in [3.05, 3.63) is 53.9 Å². The molecule has 0 aliphatic rings. The summed E-state index contributed by atoms with van der Waals surface area (Å²) in [7, 11) is -3.52. The number of pyridine rings is 1. The van der Waals surface area contributed by atoms with Gasteiger partial charge in [0.1, 0.15) is 5.75 Å². The van der Waals surface area contributed by atoms with E-state index in [1.165, 1.54) is 12.1 Å². The molecule has 7 nitrogen and oxygen atoms in total. The third-order valence-electron chi connectivity index (χ3n) is 3.60. The maximum atomic E-state index is 12.1. The highest BCUT2D eigenvalue weighted by Crippen LogP contribution is 2.21. The molecule has 1 heterocycles. The third-order valence-corrected chi connectivity index (χ3v) is 5.06. The molecule has 0 atom stereocenters. The average molecular weight is 377 g/mol. The van der Waals surface area contributed by atoms with Gasteiger partial charge in [0.05, 0.1) is 4.90 Å². The quantitative estimate of drug-likeness (QED) is 0.694. The molecule has 2 rings (SSSR count). The van der Waals surface area contributed by atoms with Crippen molar-refractivity contribution in [2.75, 3.05) is 13.2 Å². The number of aromatic nitrogens is 1. The zero-order valence-corrected chi connectivity index (χ0v) is 15.7. The minimum atomic E-state index is -3.52. The number of amides is 1. The molecule has 0 unspecified atom stereocenters. The van der Waals surface area contributed by atoms with Gasteiger partial charge in [-0.15, -0.1) is 0 Å². The molecule has 0 saturated heterocycles. The Morgan fingerprint density at radius 3 is 2.58 bits per heavy atom. The number of aryl methyl sites for hydroxylation is 1. The van der Waals surface area contributed by atoms with Crippen LogP contribution in [0, 0.1) is 6.92 Å². The molecule has 0 bridgehead atoms. The van der Waals surface area contributed by atoms with Crippen LogP contribution in [0.1, 0.15) is 24.5 Å². The second-order valence-electron chi connectivity index (χ2n) is 5.75. The number of sulfonamides is 1. The minimum absolute atomic E-state index is 0.147. The zero-order chi connectivity index (χ0) is 19.0. The molecule has 0 aliphatic heterocycles. The van der Waals surface area contributed by atoms with Gasteiger partial charge in [0, 0.05) is 25.5 Å². The maximum Gasteiger partial charge on any atom is 0.258 e. The Morgan fingerprint density at radius 2 is 1.92 bits per heavy atom. The van der Waals surface area contributed by atoms with E-state index in [1.807, 2.05) is 19.1 Å². The average Bonchev–Trinajstić information content (AvgIpc) is 2.64. The van der Waals surface area contributed by atoms with E-state index in [-0.39, 0.29) is 17.4 Å². The van der Waals surface area contributed by atoms with Crippen LogP contribution < -0.4 is 14.8 Å². The predicted molar refractivity (Wildman–Crippen MR) is 98.2 cm³/mol. The summed E-state index contributed by atoms with van der Waals surface area (Å²) in [5, 5.41) is 2.75. The molecule has 140 valence electrons. The largest absolute Gasteiger partial charge is 0.484 e.